The van der Waals surface area contributed by atoms with E-state index in [2.05, 4.69) is 23.4 Å². The lowest BCUT2D eigenvalue weighted by Gasteiger charge is -2.10. The first-order valence-corrected chi connectivity index (χ1v) is 10.3. The van der Waals surface area contributed by atoms with Crippen LogP contribution in [0.5, 0.6) is 0 Å². The van der Waals surface area contributed by atoms with Crippen molar-refractivity contribution in [3.63, 3.8) is 0 Å². The van der Waals surface area contributed by atoms with Gasteiger partial charge >= 0.3 is 0 Å². The summed E-state index contributed by atoms with van der Waals surface area (Å²) in [5.41, 5.74) is 1.37. The zero-order valence-electron chi connectivity index (χ0n) is 16.1. The smallest absolute Gasteiger partial charge is 0.291 e. The van der Waals surface area contributed by atoms with Gasteiger partial charge in [-0.05, 0) is 31.9 Å². The van der Waals surface area contributed by atoms with Gasteiger partial charge in [0, 0.05) is 31.1 Å². The van der Waals surface area contributed by atoms with Gasteiger partial charge in [0.1, 0.15) is 17.9 Å². The molecule has 0 aliphatic carbocycles. The first-order valence-electron chi connectivity index (χ1n) is 9.47. The predicted octanol–water partition coefficient (Wildman–Crippen LogP) is 2.38. The monoisotopic (exact) mass is 390 g/mol. The molecule has 1 N–H and O–H groups in total. The van der Waals surface area contributed by atoms with Crippen LogP contribution in [0.2, 0.25) is 0 Å². The summed E-state index contributed by atoms with van der Waals surface area (Å²) in [7, 11) is 0. The molecule has 27 heavy (non-hydrogen) atoms. The normalized spacial score (nSPS) is 11.5. The number of rotatable bonds is 9. The topological polar surface area (TPSA) is 77.6 Å². The fourth-order valence-corrected chi connectivity index (χ4v) is 4.11. The molecule has 0 saturated carbocycles. The average molecular weight is 391 g/mol. The molecule has 0 atom stereocenters. The number of amides is 1. The SMILES string of the molecule is CCOCCCNC(=O)Cn1nc(CC)n2c(cc3sc(CC)cc32)c1=O. The molecule has 8 heteroatoms. The van der Waals surface area contributed by atoms with Crippen LogP contribution in [0.1, 0.15) is 37.9 Å². The molecule has 0 fully saturated rings. The van der Waals surface area contributed by atoms with E-state index in [1.807, 2.05) is 24.3 Å². The molecule has 3 heterocycles. The predicted molar refractivity (Wildman–Crippen MR) is 108 cm³/mol. The van der Waals surface area contributed by atoms with Gasteiger partial charge in [-0.25, -0.2) is 4.68 Å². The summed E-state index contributed by atoms with van der Waals surface area (Å²) in [4.78, 5) is 26.3. The minimum atomic E-state index is -0.238. The van der Waals surface area contributed by atoms with E-state index in [4.69, 9.17) is 4.74 Å². The minimum Gasteiger partial charge on any atom is -0.382 e. The van der Waals surface area contributed by atoms with Crippen LogP contribution >= 0.6 is 11.3 Å². The third-order valence-electron chi connectivity index (χ3n) is 4.44. The van der Waals surface area contributed by atoms with Gasteiger partial charge in [-0.1, -0.05) is 13.8 Å². The fourth-order valence-electron chi connectivity index (χ4n) is 3.09. The third kappa shape index (κ3) is 4.06. The summed E-state index contributed by atoms with van der Waals surface area (Å²) in [6.07, 6.45) is 2.39. The zero-order valence-corrected chi connectivity index (χ0v) is 16.9. The van der Waals surface area contributed by atoms with Crippen molar-refractivity contribution in [3.05, 3.63) is 33.2 Å². The summed E-state index contributed by atoms with van der Waals surface area (Å²) < 4.78 is 9.54. The van der Waals surface area contributed by atoms with Gasteiger partial charge < -0.3 is 10.1 Å². The lowest BCUT2D eigenvalue weighted by Crippen LogP contribution is -2.35. The van der Waals surface area contributed by atoms with Gasteiger partial charge in [0.25, 0.3) is 5.56 Å². The molecule has 7 nitrogen and oxygen atoms in total. The number of ether oxygens (including phenoxy) is 1. The Morgan fingerprint density at radius 1 is 1.22 bits per heavy atom. The Kier molecular flexibility index (Phi) is 6.28. The Morgan fingerprint density at radius 2 is 2.04 bits per heavy atom. The molecule has 0 unspecified atom stereocenters. The zero-order chi connectivity index (χ0) is 19.4. The summed E-state index contributed by atoms with van der Waals surface area (Å²) in [6, 6.07) is 4.04. The van der Waals surface area contributed by atoms with Crippen molar-refractivity contribution in [1.29, 1.82) is 0 Å². The van der Waals surface area contributed by atoms with Crippen molar-refractivity contribution < 1.29 is 9.53 Å². The van der Waals surface area contributed by atoms with Crippen molar-refractivity contribution in [2.24, 2.45) is 0 Å². The third-order valence-corrected chi connectivity index (χ3v) is 5.65. The van der Waals surface area contributed by atoms with E-state index in [1.54, 1.807) is 11.3 Å². The minimum absolute atomic E-state index is 0.0734. The summed E-state index contributed by atoms with van der Waals surface area (Å²) in [6.45, 7) is 7.79. The molecule has 0 aliphatic rings. The van der Waals surface area contributed by atoms with E-state index in [1.165, 1.54) is 9.56 Å². The standard InChI is InChI=1S/C19H26N4O3S/c1-4-13-10-14-16(27-13)11-15-19(25)22(21-17(5-2)23(14)15)12-18(24)20-8-7-9-26-6-3/h10-11H,4-9,12H2,1-3H3,(H,20,24). The molecule has 0 saturated heterocycles. The second-order valence-corrected chi connectivity index (χ2v) is 7.48. The Hall–Kier alpha value is -2.19. The largest absolute Gasteiger partial charge is 0.382 e. The van der Waals surface area contributed by atoms with Crippen molar-refractivity contribution in [1.82, 2.24) is 19.5 Å². The van der Waals surface area contributed by atoms with E-state index >= 15 is 0 Å². The molecule has 3 rings (SSSR count). The van der Waals surface area contributed by atoms with Crippen molar-refractivity contribution in [2.75, 3.05) is 19.8 Å². The van der Waals surface area contributed by atoms with Gasteiger partial charge in [0.05, 0.1) is 10.2 Å². The van der Waals surface area contributed by atoms with Crippen LogP contribution < -0.4 is 10.9 Å². The molecule has 0 spiro atoms. The van der Waals surface area contributed by atoms with Gasteiger partial charge in [-0.15, -0.1) is 11.3 Å². The van der Waals surface area contributed by atoms with Crippen LogP contribution in [0.4, 0.5) is 0 Å². The summed E-state index contributed by atoms with van der Waals surface area (Å²) in [5, 5.41) is 7.28. The first kappa shape index (κ1) is 19.6. The fraction of sp³-hybridized carbons (Fsp3) is 0.526. The highest BCUT2D eigenvalue weighted by atomic mass is 32.1. The second-order valence-electron chi connectivity index (χ2n) is 6.31. The number of thiophene rings is 1. The van der Waals surface area contributed by atoms with E-state index < -0.39 is 0 Å². The van der Waals surface area contributed by atoms with E-state index in [9.17, 15) is 9.59 Å². The quantitative estimate of drug-likeness (QED) is 0.569. The Labute approximate surface area is 161 Å². The van der Waals surface area contributed by atoms with Crippen LogP contribution in [-0.4, -0.2) is 39.8 Å². The van der Waals surface area contributed by atoms with Gasteiger partial charge in [0.2, 0.25) is 5.91 Å². The number of hydrogen-bond acceptors (Lipinski definition) is 5. The second kappa shape index (κ2) is 8.67. The number of carbonyl (C=O) groups is 1. The van der Waals surface area contributed by atoms with E-state index in [0.29, 0.717) is 31.7 Å². The van der Waals surface area contributed by atoms with Crippen LogP contribution in [0, 0.1) is 0 Å². The van der Waals surface area contributed by atoms with Gasteiger partial charge in [-0.2, -0.15) is 5.10 Å². The van der Waals surface area contributed by atoms with Gasteiger partial charge in [0.15, 0.2) is 0 Å². The Balaban J connectivity index is 1.85. The van der Waals surface area contributed by atoms with Crippen LogP contribution in [0.15, 0.2) is 16.9 Å². The summed E-state index contributed by atoms with van der Waals surface area (Å²) >= 11 is 1.70. The highest BCUT2D eigenvalue weighted by Crippen LogP contribution is 2.29. The number of nitrogens with one attached hydrogen (secondary N) is 1. The van der Waals surface area contributed by atoms with Crippen molar-refractivity contribution >= 4 is 33.0 Å². The summed E-state index contributed by atoms with van der Waals surface area (Å²) in [5.74, 6) is 0.568. The number of hydrogen-bond donors (Lipinski definition) is 1. The molecule has 1 amide bonds. The molecular weight excluding hydrogens is 364 g/mol. The van der Waals surface area contributed by atoms with E-state index in [0.717, 1.165) is 28.9 Å². The maximum absolute atomic E-state index is 12.9. The lowest BCUT2D eigenvalue weighted by molar-refractivity contribution is -0.121. The lowest BCUT2D eigenvalue weighted by atomic mass is 10.3. The molecule has 3 aromatic rings. The van der Waals surface area contributed by atoms with Crippen molar-refractivity contribution in [3.8, 4) is 0 Å². The first-order chi connectivity index (χ1) is 13.1. The molecule has 0 radical (unpaired) electrons. The highest BCUT2D eigenvalue weighted by molar-refractivity contribution is 7.19. The Morgan fingerprint density at radius 3 is 2.74 bits per heavy atom. The number of nitrogens with zero attached hydrogens (tertiary/aromatic N) is 3. The van der Waals surface area contributed by atoms with E-state index in [-0.39, 0.29) is 18.0 Å². The molecule has 146 valence electrons. The van der Waals surface area contributed by atoms with Crippen LogP contribution in [0.25, 0.3) is 15.7 Å². The van der Waals surface area contributed by atoms with Crippen LogP contribution in [0.3, 0.4) is 0 Å². The Bertz CT molecular complexity index is 1000. The number of aryl methyl sites for hydroxylation is 2. The molecule has 0 aromatic carbocycles. The highest BCUT2D eigenvalue weighted by Gasteiger charge is 2.16. The maximum Gasteiger partial charge on any atom is 0.291 e. The van der Waals surface area contributed by atoms with Gasteiger partial charge in [-0.3, -0.25) is 14.0 Å². The molecule has 3 aromatic heterocycles. The molecular formula is C19H26N4O3S. The number of aromatic nitrogens is 3. The molecule has 0 aliphatic heterocycles. The van der Waals surface area contributed by atoms with Crippen LogP contribution in [-0.2, 0) is 28.9 Å². The maximum atomic E-state index is 12.9. The average Bonchev–Trinajstić information content (AvgIpc) is 3.22. The van der Waals surface area contributed by atoms with Crippen molar-refractivity contribution in [2.45, 2.75) is 46.6 Å². The molecule has 0 bridgehead atoms. The number of fused-ring (bicyclic) bond motifs is 3. The number of carbonyl (C=O) groups excluding carboxylic acids is 1.